The van der Waals surface area contributed by atoms with Crippen molar-refractivity contribution >= 4 is 0 Å². The van der Waals surface area contributed by atoms with E-state index in [-0.39, 0.29) is 11.6 Å². The Morgan fingerprint density at radius 3 is 2.52 bits per heavy atom. The summed E-state index contributed by atoms with van der Waals surface area (Å²) >= 11 is 0. The predicted molar refractivity (Wildman–Crippen MR) is 86.2 cm³/mol. The summed E-state index contributed by atoms with van der Waals surface area (Å²) in [4.78, 5) is 4.47. The van der Waals surface area contributed by atoms with Gasteiger partial charge in [0.25, 0.3) is 0 Å². The van der Waals surface area contributed by atoms with Crippen molar-refractivity contribution < 1.29 is 4.74 Å². The largest absolute Gasteiger partial charge is 0.374 e. The molecule has 2 rings (SSSR count). The lowest BCUT2D eigenvalue weighted by Crippen LogP contribution is -2.54. The number of ether oxygens (including phenoxy) is 1. The second-order valence-corrected chi connectivity index (χ2v) is 7.10. The average Bonchev–Trinajstić information content (AvgIpc) is 2.89. The third-order valence-corrected chi connectivity index (χ3v) is 5.10. The van der Waals surface area contributed by atoms with Gasteiger partial charge in [-0.1, -0.05) is 13.8 Å². The SMILES string of the molecule is CCOC1(C(N)Cc2nccn2CC)CCC(C)(C)CC1. The lowest BCUT2D eigenvalue weighted by Gasteiger charge is -2.46. The lowest BCUT2D eigenvalue weighted by molar-refractivity contribution is -0.0991. The number of aryl methyl sites for hydroxylation is 1. The summed E-state index contributed by atoms with van der Waals surface area (Å²) in [7, 11) is 0. The molecule has 0 bridgehead atoms. The third-order valence-electron chi connectivity index (χ3n) is 5.10. The molecule has 1 saturated carbocycles. The molecule has 1 aromatic rings. The normalized spacial score (nSPS) is 22.1. The molecule has 2 N–H and O–H groups in total. The van der Waals surface area contributed by atoms with Crippen molar-refractivity contribution in [1.82, 2.24) is 9.55 Å². The molecule has 1 heterocycles. The molecule has 0 radical (unpaired) electrons. The van der Waals surface area contributed by atoms with Gasteiger partial charge < -0.3 is 15.0 Å². The first-order chi connectivity index (χ1) is 9.92. The molecule has 120 valence electrons. The van der Waals surface area contributed by atoms with Crippen LogP contribution in [-0.4, -0.2) is 27.8 Å². The third kappa shape index (κ3) is 3.67. The standard InChI is InChI=1S/C17H31N3O/c1-5-20-12-11-19-15(20)13-14(18)17(21-6-2)9-7-16(3,4)8-10-17/h11-12,14H,5-10,13,18H2,1-4H3. The minimum Gasteiger partial charge on any atom is -0.374 e. The summed E-state index contributed by atoms with van der Waals surface area (Å²) in [6.07, 6.45) is 9.17. The maximum Gasteiger partial charge on any atom is 0.110 e. The van der Waals surface area contributed by atoms with Crippen molar-refractivity contribution in [3.05, 3.63) is 18.2 Å². The Balaban J connectivity index is 2.11. The zero-order chi connectivity index (χ0) is 15.5. The first-order valence-corrected chi connectivity index (χ1v) is 8.32. The minimum absolute atomic E-state index is 0.0150. The quantitative estimate of drug-likeness (QED) is 0.876. The van der Waals surface area contributed by atoms with Crippen molar-refractivity contribution in [2.45, 2.75) is 78.0 Å². The molecular formula is C17H31N3O. The molecule has 1 fully saturated rings. The topological polar surface area (TPSA) is 53.1 Å². The van der Waals surface area contributed by atoms with E-state index in [4.69, 9.17) is 10.5 Å². The van der Waals surface area contributed by atoms with E-state index in [1.165, 1.54) is 12.8 Å². The molecular weight excluding hydrogens is 262 g/mol. The maximum atomic E-state index is 6.59. The van der Waals surface area contributed by atoms with Crippen molar-refractivity contribution in [2.24, 2.45) is 11.1 Å². The van der Waals surface area contributed by atoms with Crippen LogP contribution >= 0.6 is 0 Å². The maximum absolute atomic E-state index is 6.59. The molecule has 1 aromatic heterocycles. The van der Waals surface area contributed by atoms with Gasteiger partial charge in [0.15, 0.2) is 0 Å². The Hall–Kier alpha value is -0.870. The first-order valence-electron chi connectivity index (χ1n) is 8.32. The Kier molecular flexibility index (Phi) is 5.10. The van der Waals surface area contributed by atoms with Crippen molar-refractivity contribution in [1.29, 1.82) is 0 Å². The second kappa shape index (κ2) is 6.49. The highest BCUT2D eigenvalue weighted by Gasteiger charge is 2.43. The monoisotopic (exact) mass is 293 g/mol. The van der Waals surface area contributed by atoms with Crippen LogP contribution in [0.1, 0.15) is 59.2 Å². The van der Waals surface area contributed by atoms with E-state index in [2.05, 4.69) is 37.2 Å². The zero-order valence-corrected chi connectivity index (χ0v) is 14.1. The highest BCUT2D eigenvalue weighted by Crippen LogP contribution is 2.43. The van der Waals surface area contributed by atoms with Gasteiger partial charge in [-0.2, -0.15) is 0 Å². The molecule has 1 unspecified atom stereocenters. The van der Waals surface area contributed by atoms with Gasteiger partial charge in [0.1, 0.15) is 5.82 Å². The predicted octanol–water partition coefficient (Wildman–Crippen LogP) is 3.15. The number of hydrogen-bond acceptors (Lipinski definition) is 3. The summed E-state index contributed by atoms with van der Waals surface area (Å²) in [5.74, 6) is 1.08. The molecule has 4 heteroatoms. The van der Waals surface area contributed by atoms with Crippen LogP contribution in [0.15, 0.2) is 12.4 Å². The fourth-order valence-corrected chi connectivity index (χ4v) is 3.46. The van der Waals surface area contributed by atoms with Gasteiger partial charge in [-0.25, -0.2) is 4.98 Å². The van der Waals surface area contributed by atoms with Crippen LogP contribution in [0.2, 0.25) is 0 Å². The van der Waals surface area contributed by atoms with Crippen molar-refractivity contribution in [2.75, 3.05) is 6.61 Å². The molecule has 0 aliphatic heterocycles. The molecule has 0 amide bonds. The fraction of sp³-hybridized carbons (Fsp3) is 0.824. The molecule has 4 nitrogen and oxygen atoms in total. The molecule has 1 aliphatic rings. The van der Waals surface area contributed by atoms with E-state index < -0.39 is 0 Å². The Labute approximate surface area is 129 Å². The Bertz CT molecular complexity index is 443. The number of nitrogens with zero attached hydrogens (tertiary/aromatic N) is 2. The van der Waals surface area contributed by atoms with Crippen LogP contribution in [0, 0.1) is 5.41 Å². The second-order valence-electron chi connectivity index (χ2n) is 7.10. The first kappa shape index (κ1) is 16.5. The van der Waals surface area contributed by atoms with E-state index in [0.717, 1.165) is 38.2 Å². The van der Waals surface area contributed by atoms with Gasteiger partial charge in [-0.15, -0.1) is 0 Å². The number of hydrogen-bond donors (Lipinski definition) is 1. The van der Waals surface area contributed by atoms with E-state index in [1.807, 2.05) is 12.4 Å². The summed E-state index contributed by atoms with van der Waals surface area (Å²) in [5, 5.41) is 0. The highest BCUT2D eigenvalue weighted by molar-refractivity contribution is 5.04. The van der Waals surface area contributed by atoms with E-state index in [9.17, 15) is 0 Å². The van der Waals surface area contributed by atoms with Crippen LogP contribution < -0.4 is 5.73 Å². The zero-order valence-electron chi connectivity index (χ0n) is 14.1. The van der Waals surface area contributed by atoms with Crippen LogP contribution in [0.3, 0.4) is 0 Å². The van der Waals surface area contributed by atoms with Crippen LogP contribution in [0.25, 0.3) is 0 Å². The number of imidazole rings is 1. The molecule has 0 aromatic carbocycles. The number of rotatable bonds is 6. The van der Waals surface area contributed by atoms with Crippen LogP contribution in [-0.2, 0) is 17.7 Å². The molecule has 1 atom stereocenters. The van der Waals surface area contributed by atoms with Gasteiger partial charge in [-0.3, -0.25) is 0 Å². The number of aromatic nitrogens is 2. The van der Waals surface area contributed by atoms with Crippen molar-refractivity contribution in [3.8, 4) is 0 Å². The summed E-state index contributed by atoms with van der Waals surface area (Å²) in [6.45, 7) is 10.6. The van der Waals surface area contributed by atoms with Gasteiger partial charge in [0.05, 0.1) is 5.60 Å². The number of nitrogens with two attached hydrogens (primary N) is 1. The fourth-order valence-electron chi connectivity index (χ4n) is 3.46. The summed E-state index contributed by atoms with van der Waals surface area (Å²) < 4.78 is 8.36. The Morgan fingerprint density at radius 2 is 1.95 bits per heavy atom. The summed E-state index contributed by atoms with van der Waals surface area (Å²) in [6, 6.07) is 0.0150. The van der Waals surface area contributed by atoms with Gasteiger partial charge in [-0.05, 0) is 44.9 Å². The van der Waals surface area contributed by atoms with E-state index in [0.29, 0.717) is 5.41 Å². The molecule has 1 aliphatic carbocycles. The summed E-state index contributed by atoms with van der Waals surface area (Å²) in [5.41, 5.74) is 6.84. The van der Waals surface area contributed by atoms with Crippen LogP contribution in [0.4, 0.5) is 0 Å². The Morgan fingerprint density at radius 1 is 1.29 bits per heavy atom. The van der Waals surface area contributed by atoms with E-state index >= 15 is 0 Å². The van der Waals surface area contributed by atoms with Gasteiger partial charge in [0, 0.05) is 38.0 Å². The molecule has 21 heavy (non-hydrogen) atoms. The lowest BCUT2D eigenvalue weighted by atomic mass is 9.68. The molecule has 0 saturated heterocycles. The minimum atomic E-state index is -0.172. The average molecular weight is 293 g/mol. The van der Waals surface area contributed by atoms with Gasteiger partial charge in [0.2, 0.25) is 0 Å². The van der Waals surface area contributed by atoms with Crippen molar-refractivity contribution in [3.63, 3.8) is 0 Å². The smallest absolute Gasteiger partial charge is 0.110 e. The van der Waals surface area contributed by atoms with Crippen LogP contribution in [0.5, 0.6) is 0 Å². The molecule has 0 spiro atoms. The van der Waals surface area contributed by atoms with E-state index in [1.54, 1.807) is 0 Å². The highest BCUT2D eigenvalue weighted by atomic mass is 16.5. The van der Waals surface area contributed by atoms with Gasteiger partial charge >= 0.3 is 0 Å².